The van der Waals surface area contributed by atoms with E-state index in [1.165, 1.54) is 20.7 Å². The third-order valence-corrected chi connectivity index (χ3v) is 9.22. The molecule has 0 aromatic heterocycles. The molecule has 11 heteroatoms. The molecule has 1 aromatic carbocycles. The van der Waals surface area contributed by atoms with Crippen molar-refractivity contribution in [2.45, 2.75) is 48.8 Å². The van der Waals surface area contributed by atoms with Crippen LogP contribution in [0.3, 0.4) is 0 Å². The molecule has 2 fully saturated rings. The average molecular weight is 452 g/mol. The van der Waals surface area contributed by atoms with Crippen molar-refractivity contribution in [1.82, 2.24) is 8.61 Å². The molecule has 0 spiro atoms. The first-order valence-corrected chi connectivity index (χ1v) is 12.7. The summed E-state index contributed by atoms with van der Waals surface area (Å²) in [4.78, 5) is 1.50. The molecular weight excluding hydrogens is 424 g/mol. The SMILES string of the molecule is CN(C1CCCCC1)S(=O)(=O)N1CCN(c2ccc(S(=O)(=O)C(F)F)cc2)CC1. The van der Waals surface area contributed by atoms with E-state index in [2.05, 4.69) is 0 Å². The summed E-state index contributed by atoms with van der Waals surface area (Å²) in [5, 5.41) is 0. The van der Waals surface area contributed by atoms with E-state index in [1.54, 1.807) is 7.05 Å². The van der Waals surface area contributed by atoms with E-state index in [0.29, 0.717) is 31.9 Å². The summed E-state index contributed by atoms with van der Waals surface area (Å²) in [5.41, 5.74) is 0.677. The first-order valence-electron chi connectivity index (χ1n) is 9.74. The lowest BCUT2D eigenvalue weighted by atomic mass is 9.96. The van der Waals surface area contributed by atoms with E-state index < -0.39 is 30.7 Å². The highest BCUT2D eigenvalue weighted by Gasteiger charge is 2.34. The largest absolute Gasteiger partial charge is 0.369 e. The highest BCUT2D eigenvalue weighted by atomic mass is 32.2. The van der Waals surface area contributed by atoms with Gasteiger partial charge in [0.1, 0.15) is 0 Å². The van der Waals surface area contributed by atoms with E-state index in [9.17, 15) is 25.6 Å². The Kier molecular flexibility index (Phi) is 6.81. The van der Waals surface area contributed by atoms with Gasteiger partial charge in [-0.2, -0.15) is 25.8 Å². The molecule has 2 aliphatic rings. The van der Waals surface area contributed by atoms with Crippen molar-refractivity contribution in [2.75, 3.05) is 38.1 Å². The van der Waals surface area contributed by atoms with Gasteiger partial charge in [0.2, 0.25) is 9.84 Å². The number of rotatable bonds is 6. The number of halogens is 2. The number of sulfone groups is 1. The van der Waals surface area contributed by atoms with Crippen molar-refractivity contribution in [3.8, 4) is 0 Å². The molecule has 1 aliphatic heterocycles. The summed E-state index contributed by atoms with van der Waals surface area (Å²) in [6, 6.07) is 5.34. The standard InChI is InChI=1S/C18H27F2N3O4S2/c1-21(15-5-3-2-4-6-15)29(26,27)23-13-11-22(12-14-23)16-7-9-17(10-8-16)28(24,25)18(19)20/h7-10,15,18H,2-6,11-14H2,1H3. The van der Waals surface area contributed by atoms with Gasteiger partial charge in [-0.15, -0.1) is 0 Å². The van der Waals surface area contributed by atoms with Crippen LogP contribution in [0.25, 0.3) is 0 Å². The maximum absolute atomic E-state index is 12.9. The lowest BCUT2D eigenvalue weighted by Crippen LogP contribution is -2.54. The summed E-state index contributed by atoms with van der Waals surface area (Å²) in [6.07, 6.45) is 5.04. The van der Waals surface area contributed by atoms with Crippen LogP contribution in [-0.4, -0.2) is 70.5 Å². The van der Waals surface area contributed by atoms with Gasteiger partial charge in [0.05, 0.1) is 4.90 Å². The Morgan fingerprint density at radius 1 is 0.931 bits per heavy atom. The topological polar surface area (TPSA) is 78.0 Å². The molecule has 3 rings (SSSR count). The minimum absolute atomic E-state index is 0.0520. The minimum Gasteiger partial charge on any atom is -0.369 e. The predicted molar refractivity (Wildman–Crippen MR) is 107 cm³/mol. The minimum atomic E-state index is -4.62. The molecular formula is C18H27F2N3O4S2. The van der Waals surface area contributed by atoms with Crippen LogP contribution >= 0.6 is 0 Å². The summed E-state index contributed by atoms with van der Waals surface area (Å²) in [5.74, 6) is -3.46. The van der Waals surface area contributed by atoms with Gasteiger partial charge in [-0.05, 0) is 37.1 Å². The van der Waals surface area contributed by atoms with E-state index in [0.717, 1.165) is 44.2 Å². The Labute approximate surface area is 171 Å². The molecule has 1 aliphatic carbocycles. The molecule has 0 unspecified atom stereocenters. The van der Waals surface area contributed by atoms with Gasteiger partial charge in [-0.1, -0.05) is 19.3 Å². The van der Waals surface area contributed by atoms with Crippen LogP contribution in [0.4, 0.5) is 14.5 Å². The highest BCUT2D eigenvalue weighted by Crippen LogP contribution is 2.27. The van der Waals surface area contributed by atoms with E-state index in [1.807, 2.05) is 4.90 Å². The fourth-order valence-corrected chi connectivity index (χ4v) is 6.24. The fraction of sp³-hybridized carbons (Fsp3) is 0.667. The zero-order chi connectivity index (χ0) is 21.2. The molecule has 1 saturated carbocycles. The van der Waals surface area contributed by atoms with Crippen molar-refractivity contribution in [1.29, 1.82) is 0 Å². The molecule has 0 radical (unpaired) electrons. The summed E-state index contributed by atoms with van der Waals surface area (Å²) < 4.78 is 77.2. The van der Waals surface area contributed by atoms with Gasteiger partial charge in [-0.25, -0.2) is 8.42 Å². The van der Waals surface area contributed by atoms with Crippen LogP contribution in [0.2, 0.25) is 0 Å². The lowest BCUT2D eigenvalue weighted by Gasteiger charge is -2.39. The van der Waals surface area contributed by atoms with Gasteiger partial charge in [0.25, 0.3) is 10.2 Å². The van der Waals surface area contributed by atoms with Crippen LogP contribution in [0.1, 0.15) is 32.1 Å². The quantitative estimate of drug-likeness (QED) is 0.663. The molecule has 0 bridgehead atoms. The van der Waals surface area contributed by atoms with E-state index in [-0.39, 0.29) is 6.04 Å². The monoisotopic (exact) mass is 451 g/mol. The number of piperazine rings is 1. The van der Waals surface area contributed by atoms with Gasteiger partial charge in [0.15, 0.2) is 0 Å². The normalized spacial score (nSPS) is 20.5. The molecule has 7 nitrogen and oxygen atoms in total. The van der Waals surface area contributed by atoms with Crippen LogP contribution in [0.15, 0.2) is 29.2 Å². The van der Waals surface area contributed by atoms with Crippen LogP contribution in [0, 0.1) is 0 Å². The molecule has 0 atom stereocenters. The molecule has 1 saturated heterocycles. The van der Waals surface area contributed by atoms with Gasteiger partial charge >= 0.3 is 5.76 Å². The van der Waals surface area contributed by atoms with E-state index >= 15 is 0 Å². The van der Waals surface area contributed by atoms with Gasteiger partial charge < -0.3 is 4.90 Å². The second-order valence-electron chi connectivity index (χ2n) is 7.50. The first-order chi connectivity index (χ1) is 13.6. The van der Waals surface area contributed by atoms with Crippen LogP contribution in [0.5, 0.6) is 0 Å². The lowest BCUT2D eigenvalue weighted by molar-refractivity contribution is 0.234. The molecule has 1 heterocycles. The predicted octanol–water partition coefficient (Wildman–Crippen LogP) is 2.31. The molecule has 164 valence electrons. The Balaban J connectivity index is 1.63. The molecule has 29 heavy (non-hydrogen) atoms. The number of anilines is 1. The zero-order valence-corrected chi connectivity index (χ0v) is 18.0. The van der Waals surface area contributed by atoms with Crippen LogP contribution in [-0.2, 0) is 20.0 Å². The maximum Gasteiger partial charge on any atom is 0.341 e. The summed E-state index contributed by atoms with van der Waals surface area (Å²) >= 11 is 0. The van der Waals surface area contributed by atoms with Crippen molar-refractivity contribution in [3.63, 3.8) is 0 Å². The Morgan fingerprint density at radius 2 is 1.48 bits per heavy atom. The number of hydrogen-bond acceptors (Lipinski definition) is 5. The first kappa shape index (κ1) is 22.4. The number of hydrogen-bond donors (Lipinski definition) is 0. The number of nitrogens with zero attached hydrogens (tertiary/aromatic N) is 3. The molecule has 1 aromatic rings. The second-order valence-corrected chi connectivity index (χ2v) is 11.4. The highest BCUT2D eigenvalue weighted by molar-refractivity contribution is 7.91. The van der Waals surface area contributed by atoms with E-state index in [4.69, 9.17) is 0 Å². The molecule has 0 N–H and O–H groups in total. The third-order valence-electron chi connectivity index (χ3n) is 5.78. The van der Waals surface area contributed by atoms with Crippen molar-refractivity contribution in [2.24, 2.45) is 0 Å². The Morgan fingerprint density at radius 3 is 2.00 bits per heavy atom. The maximum atomic E-state index is 12.9. The number of alkyl halides is 2. The van der Waals surface area contributed by atoms with Crippen molar-refractivity contribution in [3.05, 3.63) is 24.3 Å². The third kappa shape index (κ3) is 4.73. The summed E-state index contributed by atoms with van der Waals surface area (Å²) in [6.45, 7) is 1.52. The Hall–Kier alpha value is -1.30. The van der Waals surface area contributed by atoms with Crippen LogP contribution < -0.4 is 4.90 Å². The zero-order valence-electron chi connectivity index (χ0n) is 16.4. The average Bonchev–Trinajstić information content (AvgIpc) is 2.74. The van der Waals surface area contributed by atoms with Gasteiger partial charge in [0, 0.05) is 45.0 Å². The summed E-state index contributed by atoms with van der Waals surface area (Å²) in [7, 11) is -6.49. The van der Waals surface area contributed by atoms with Gasteiger partial charge in [-0.3, -0.25) is 0 Å². The fourth-order valence-electron chi connectivity index (χ4n) is 3.94. The smallest absolute Gasteiger partial charge is 0.341 e. The van der Waals surface area contributed by atoms with Crippen molar-refractivity contribution < 1.29 is 25.6 Å². The number of benzene rings is 1. The molecule has 0 amide bonds. The van der Waals surface area contributed by atoms with Crippen molar-refractivity contribution >= 4 is 25.7 Å². The Bertz CT molecular complexity index is 894. The second kappa shape index (κ2) is 8.83.